The van der Waals surface area contributed by atoms with Gasteiger partial charge in [0.1, 0.15) is 0 Å². The third kappa shape index (κ3) is 4.09. The Labute approximate surface area is 129 Å². The average molecular weight is 316 g/mol. The molecule has 0 saturated carbocycles. The van der Waals surface area contributed by atoms with Gasteiger partial charge in [0.2, 0.25) is 5.91 Å². The molecule has 6 heteroatoms. The Hall–Kier alpha value is -0.810. The number of hydrogen-bond donors (Lipinski definition) is 2. The Kier molecular flexibility index (Phi) is 5.66. The molecule has 4 nitrogen and oxygen atoms in total. The maximum Gasteiger partial charge on any atom is 0.238 e. The monoisotopic (exact) mass is 315 g/mol. The van der Waals surface area contributed by atoms with Crippen LogP contribution < -0.4 is 10.6 Å². The molecule has 0 aromatic heterocycles. The van der Waals surface area contributed by atoms with E-state index in [9.17, 15) is 4.79 Å². The summed E-state index contributed by atoms with van der Waals surface area (Å²) in [6.45, 7) is 2.34. The van der Waals surface area contributed by atoms with Gasteiger partial charge in [0.05, 0.1) is 22.3 Å². The predicted octanol–water partition coefficient (Wildman–Crippen LogP) is 2.62. The summed E-state index contributed by atoms with van der Waals surface area (Å²) in [4.78, 5) is 14.1. The number of anilines is 1. The summed E-state index contributed by atoms with van der Waals surface area (Å²) in [5.41, 5.74) is 0.555. The normalized spacial score (nSPS) is 19.1. The Morgan fingerprint density at radius 3 is 3.00 bits per heavy atom. The fourth-order valence-corrected chi connectivity index (χ4v) is 2.70. The van der Waals surface area contributed by atoms with Crippen LogP contribution in [-0.2, 0) is 4.79 Å². The first-order valence-corrected chi connectivity index (χ1v) is 7.48. The Bertz CT molecular complexity index is 475. The molecule has 1 unspecified atom stereocenters. The second-order valence-electron chi connectivity index (χ2n) is 5.06. The molecule has 1 aromatic rings. The zero-order chi connectivity index (χ0) is 14.5. The molecule has 1 atom stereocenters. The number of rotatable bonds is 4. The molecule has 0 bridgehead atoms. The molecule has 110 valence electrons. The van der Waals surface area contributed by atoms with Crippen LogP contribution in [0.4, 0.5) is 5.69 Å². The van der Waals surface area contributed by atoms with Gasteiger partial charge in [-0.1, -0.05) is 29.3 Å². The van der Waals surface area contributed by atoms with Crippen molar-refractivity contribution in [2.75, 3.05) is 32.0 Å². The van der Waals surface area contributed by atoms with Gasteiger partial charge in [-0.15, -0.1) is 0 Å². The maximum absolute atomic E-state index is 12.1. The van der Waals surface area contributed by atoms with E-state index in [4.69, 9.17) is 23.2 Å². The van der Waals surface area contributed by atoms with Gasteiger partial charge in [0.25, 0.3) is 0 Å². The van der Waals surface area contributed by atoms with Crippen molar-refractivity contribution in [1.29, 1.82) is 0 Å². The van der Waals surface area contributed by atoms with E-state index in [0.29, 0.717) is 28.3 Å². The number of nitrogens with one attached hydrogen (secondary N) is 2. The molecule has 1 fully saturated rings. The number of piperidine rings is 1. The van der Waals surface area contributed by atoms with Crippen molar-refractivity contribution in [2.45, 2.75) is 18.9 Å². The van der Waals surface area contributed by atoms with Gasteiger partial charge in [-0.05, 0) is 38.6 Å². The highest BCUT2D eigenvalue weighted by molar-refractivity contribution is 6.43. The highest BCUT2D eigenvalue weighted by Crippen LogP contribution is 2.29. The van der Waals surface area contributed by atoms with E-state index in [2.05, 4.69) is 15.5 Å². The summed E-state index contributed by atoms with van der Waals surface area (Å²) in [5.74, 6) is -0.0813. The van der Waals surface area contributed by atoms with Crippen molar-refractivity contribution >= 4 is 34.8 Å². The lowest BCUT2D eigenvalue weighted by molar-refractivity contribution is -0.117. The second kappa shape index (κ2) is 7.27. The zero-order valence-electron chi connectivity index (χ0n) is 11.5. The highest BCUT2D eigenvalue weighted by Gasteiger charge is 2.20. The van der Waals surface area contributed by atoms with E-state index in [0.717, 1.165) is 25.9 Å². The SMILES string of the molecule is CN(CC(=O)Nc1cccc(Cl)c1Cl)C1CCCNC1. The zero-order valence-corrected chi connectivity index (χ0v) is 13.0. The first-order chi connectivity index (χ1) is 9.58. The molecule has 0 aliphatic carbocycles. The van der Waals surface area contributed by atoms with Crippen LogP contribution in [0.5, 0.6) is 0 Å². The third-order valence-corrected chi connectivity index (χ3v) is 4.33. The first-order valence-electron chi connectivity index (χ1n) is 6.72. The van der Waals surface area contributed by atoms with Gasteiger partial charge < -0.3 is 10.6 Å². The summed E-state index contributed by atoms with van der Waals surface area (Å²) < 4.78 is 0. The number of amides is 1. The number of carbonyl (C=O) groups excluding carboxylic acids is 1. The van der Waals surface area contributed by atoms with E-state index in [-0.39, 0.29) is 5.91 Å². The van der Waals surface area contributed by atoms with Crippen molar-refractivity contribution in [3.8, 4) is 0 Å². The number of carbonyl (C=O) groups is 1. The molecule has 0 radical (unpaired) electrons. The number of likely N-dealkylation sites (N-methyl/N-ethyl adjacent to an activating group) is 1. The molecular weight excluding hydrogens is 297 g/mol. The second-order valence-corrected chi connectivity index (χ2v) is 5.85. The van der Waals surface area contributed by atoms with Crippen LogP contribution in [0.25, 0.3) is 0 Å². The molecule has 1 aliphatic rings. The fourth-order valence-electron chi connectivity index (χ4n) is 2.36. The number of hydrogen-bond acceptors (Lipinski definition) is 3. The highest BCUT2D eigenvalue weighted by atomic mass is 35.5. The third-order valence-electron chi connectivity index (χ3n) is 3.51. The van der Waals surface area contributed by atoms with Gasteiger partial charge in [-0.25, -0.2) is 0 Å². The van der Waals surface area contributed by atoms with E-state index >= 15 is 0 Å². The smallest absolute Gasteiger partial charge is 0.238 e. The quantitative estimate of drug-likeness (QED) is 0.897. The summed E-state index contributed by atoms with van der Waals surface area (Å²) in [6, 6.07) is 5.61. The molecule has 1 aromatic carbocycles. The molecule has 2 rings (SSSR count). The minimum absolute atomic E-state index is 0.0813. The van der Waals surface area contributed by atoms with Crippen LogP contribution in [0.2, 0.25) is 10.0 Å². The lowest BCUT2D eigenvalue weighted by atomic mass is 10.1. The Balaban J connectivity index is 1.90. The Morgan fingerprint density at radius 2 is 2.30 bits per heavy atom. The molecule has 20 heavy (non-hydrogen) atoms. The number of nitrogens with zero attached hydrogens (tertiary/aromatic N) is 1. The van der Waals surface area contributed by atoms with Crippen LogP contribution in [-0.4, -0.2) is 43.5 Å². The molecular formula is C14H19Cl2N3O. The lowest BCUT2D eigenvalue weighted by Crippen LogP contribution is -2.46. The van der Waals surface area contributed by atoms with Crippen LogP contribution >= 0.6 is 23.2 Å². The number of benzene rings is 1. The Morgan fingerprint density at radius 1 is 1.50 bits per heavy atom. The van der Waals surface area contributed by atoms with Crippen molar-refractivity contribution in [3.05, 3.63) is 28.2 Å². The molecule has 1 aliphatic heterocycles. The van der Waals surface area contributed by atoms with Gasteiger partial charge in [-0.2, -0.15) is 0 Å². The predicted molar refractivity (Wildman–Crippen MR) is 83.6 cm³/mol. The summed E-state index contributed by atoms with van der Waals surface area (Å²) >= 11 is 12.0. The molecule has 0 spiro atoms. The van der Waals surface area contributed by atoms with Crippen LogP contribution in [0.15, 0.2) is 18.2 Å². The van der Waals surface area contributed by atoms with Crippen molar-refractivity contribution in [3.63, 3.8) is 0 Å². The van der Waals surface area contributed by atoms with Crippen LogP contribution in [0, 0.1) is 0 Å². The van der Waals surface area contributed by atoms with Gasteiger partial charge in [0, 0.05) is 12.6 Å². The standard InChI is InChI=1S/C14H19Cl2N3O/c1-19(10-4-3-7-17-8-10)9-13(20)18-12-6-2-5-11(15)14(12)16/h2,5-6,10,17H,3-4,7-9H2,1H3,(H,18,20). The van der Waals surface area contributed by atoms with Gasteiger partial charge in [-0.3, -0.25) is 9.69 Å². The minimum atomic E-state index is -0.0813. The van der Waals surface area contributed by atoms with E-state index < -0.39 is 0 Å². The van der Waals surface area contributed by atoms with Crippen LogP contribution in [0.1, 0.15) is 12.8 Å². The summed E-state index contributed by atoms with van der Waals surface area (Å²) in [6.07, 6.45) is 2.27. The molecule has 2 N–H and O–H groups in total. The fraction of sp³-hybridized carbons (Fsp3) is 0.500. The summed E-state index contributed by atoms with van der Waals surface area (Å²) in [5, 5.41) is 6.97. The van der Waals surface area contributed by atoms with Crippen molar-refractivity contribution in [1.82, 2.24) is 10.2 Å². The topological polar surface area (TPSA) is 44.4 Å². The molecule has 1 heterocycles. The molecule has 1 saturated heterocycles. The van der Waals surface area contributed by atoms with Crippen molar-refractivity contribution in [2.24, 2.45) is 0 Å². The van der Waals surface area contributed by atoms with E-state index in [1.165, 1.54) is 0 Å². The van der Waals surface area contributed by atoms with Gasteiger partial charge >= 0.3 is 0 Å². The molecule has 1 amide bonds. The minimum Gasteiger partial charge on any atom is -0.324 e. The lowest BCUT2D eigenvalue weighted by Gasteiger charge is -2.31. The largest absolute Gasteiger partial charge is 0.324 e. The first kappa shape index (κ1) is 15.6. The number of halogens is 2. The van der Waals surface area contributed by atoms with Gasteiger partial charge in [0.15, 0.2) is 0 Å². The summed E-state index contributed by atoms with van der Waals surface area (Å²) in [7, 11) is 1.97. The maximum atomic E-state index is 12.1. The van der Waals surface area contributed by atoms with E-state index in [1.54, 1.807) is 18.2 Å². The van der Waals surface area contributed by atoms with Crippen LogP contribution in [0.3, 0.4) is 0 Å². The van der Waals surface area contributed by atoms with Crippen molar-refractivity contribution < 1.29 is 4.79 Å². The average Bonchev–Trinajstić information content (AvgIpc) is 2.45. The van der Waals surface area contributed by atoms with E-state index in [1.807, 2.05) is 7.05 Å².